The molecule has 0 spiro atoms. The van der Waals surface area contributed by atoms with Crippen LogP contribution in [-0.4, -0.2) is 33.6 Å². The fourth-order valence-corrected chi connectivity index (χ4v) is 4.04. The standard InChI is InChI=1S/C24H18F5N7O/c1-34-12-17(24(27,28)29)32-21(34)14-7-5-13(6-8-14)11-36-22-16(35(2)23(36)37)10-31-20(33-22)15-4-3-9-30-18(15)19(25)26/h3-10,12,19H,11H2,1-2H3. The van der Waals surface area contributed by atoms with Crippen LogP contribution in [0.4, 0.5) is 22.0 Å². The van der Waals surface area contributed by atoms with Gasteiger partial charge >= 0.3 is 11.9 Å². The molecule has 0 N–H and O–H groups in total. The Balaban J connectivity index is 1.51. The van der Waals surface area contributed by atoms with Gasteiger partial charge in [0.05, 0.1) is 12.7 Å². The van der Waals surface area contributed by atoms with Crippen molar-refractivity contribution in [3.63, 3.8) is 0 Å². The maximum atomic E-state index is 13.5. The quantitative estimate of drug-likeness (QED) is 0.320. The summed E-state index contributed by atoms with van der Waals surface area (Å²) in [6, 6.07) is 9.48. The van der Waals surface area contributed by atoms with E-state index in [0.717, 1.165) is 6.20 Å². The molecule has 13 heteroatoms. The molecule has 0 saturated carbocycles. The van der Waals surface area contributed by atoms with E-state index >= 15 is 0 Å². The molecule has 5 rings (SSSR count). The molecular weight excluding hydrogens is 497 g/mol. The summed E-state index contributed by atoms with van der Waals surface area (Å²) in [6.07, 6.45) is -3.84. The van der Waals surface area contributed by atoms with Gasteiger partial charge in [-0.2, -0.15) is 13.2 Å². The van der Waals surface area contributed by atoms with Gasteiger partial charge in [-0.3, -0.25) is 14.1 Å². The molecule has 4 heterocycles. The van der Waals surface area contributed by atoms with Crippen molar-refractivity contribution in [3.8, 4) is 22.8 Å². The predicted octanol–water partition coefficient (Wildman–Crippen LogP) is 4.60. The number of fused-ring (bicyclic) bond motifs is 1. The normalized spacial score (nSPS) is 12.1. The van der Waals surface area contributed by atoms with Gasteiger partial charge in [0.1, 0.15) is 17.0 Å². The van der Waals surface area contributed by atoms with E-state index in [-0.39, 0.29) is 29.4 Å². The van der Waals surface area contributed by atoms with E-state index in [1.807, 2.05) is 0 Å². The number of hydrogen-bond donors (Lipinski definition) is 0. The maximum Gasteiger partial charge on any atom is 0.434 e. The number of nitrogens with zero attached hydrogens (tertiary/aromatic N) is 7. The summed E-state index contributed by atoms with van der Waals surface area (Å²) in [5.74, 6) is 0.144. The third-order valence-electron chi connectivity index (χ3n) is 5.89. The van der Waals surface area contributed by atoms with E-state index in [4.69, 9.17) is 0 Å². The Morgan fingerprint density at radius 1 is 1.00 bits per heavy atom. The lowest BCUT2D eigenvalue weighted by Crippen LogP contribution is -2.22. The second-order valence-electron chi connectivity index (χ2n) is 8.32. The number of pyridine rings is 1. The van der Waals surface area contributed by atoms with Gasteiger partial charge in [-0.15, -0.1) is 0 Å². The Morgan fingerprint density at radius 2 is 1.73 bits per heavy atom. The summed E-state index contributed by atoms with van der Waals surface area (Å²) >= 11 is 0. The molecule has 0 aliphatic rings. The first-order valence-electron chi connectivity index (χ1n) is 10.9. The SMILES string of the molecule is Cn1cc(C(F)(F)F)nc1-c1ccc(Cn2c(=O)n(C)c3cnc(-c4cccnc4C(F)F)nc32)cc1. The average Bonchev–Trinajstić information content (AvgIpc) is 3.38. The first-order chi connectivity index (χ1) is 17.5. The number of alkyl halides is 5. The molecule has 0 aliphatic carbocycles. The molecular formula is C24H18F5N7O. The van der Waals surface area contributed by atoms with Crippen molar-refractivity contribution in [2.45, 2.75) is 19.1 Å². The molecule has 0 atom stereocenters. The first kappa shape index (κ1) is 24.3. The fraction of sp³-hybridized carbons (Fsp3) is 0.208. The van der Waals surface area contributed by atoms with Crippen LogP contribution in [0, 0.1) is 0 Å². The number of imidazole rings is 2. The minimum atomic E-state index is -4.56. The summed E-state index contributed by atoms with van der Waals surface area (Å²) < 4.78 is 70.0. The monoisotopic (exact) mass is 515 g/mol. The average molecular weight is 515 g/mol. The van der Waals surface area contributed by atoms with E-state index in [0.29, 0.717) is 16.6 Å². The minimum Gasteiger partial charge on any atom is -0.333 e. The smallest absolute Gasteiger partial charge is 0.333 e. The van der Waals surface area contributed by atoms with Crippen LogP contribution >= 0.6 is 0 Å². The highest BCUT2D eigenvalue weighted by atomic mass is 19.4. The number of aryl methyl sites for hydroxylation is 2. The van der Waals surface area contributed by atoms with Gasteiger partial charge in [-0.05, 0) is 17.7 Å². The topological polar surface area (TPSA) is 83.4 Å². The largest absolute Gasteiger partial charge is 0.434 e. The van der Waals surface area contributed by atoms with Crippen LogP contribution in [0.25, 0.3) is 33.9 Å². The fourth-order valence-electron chi connectivity index (χ4n) is 4.04. The molecule has 0 fully saturated rings. The molecule has 37 heavy (non-hydrogen) atoms. The number of hydrogen-bond acceptors (Lipinski definition) is 5. The van der Waals surface area contributed by atoms with E-state index in [2.05, 4.69) is 19.9 Å². The summed E-state index contributed by atoms with van der Waals surface area (Å²) in [6.45, 7) is 0.0794. The van der Waals surface area contributed by atoms with E-state index in [1.54, 1.807) is 31.3 Å². The van der Waals surface area contributed by atoms with Crippen LogP contribution in [0.1, 0.15) is 23.4 Å². The van der Waals surface area contributed by atoms with Gasteiger partial charge in [-0.1, -0.05) is 24.3 Å². The molecule has 0 saturated heterocycles. The first-order valence-corrected chi connectivity index (χ1v) is 10.9. The van der Waals surface area contributed by atoms with Crippen molar-refractivity contribution in [1.82, 2.24) is 33.6 Å². The van der Waals surface area contributed by atoms with Crippen molar-refractivity contribution in [3.05, 3.63) is 82.4 Å². The van der Waals surface area contributed by atoms with E-state index in [1.165, 1.54) is 45.3 Å². The van der Waals surface area contributed by atoms with Gasteiger partial charge in [0.15, 0.2) is 17.2 Å². The second kappa shape index (κ2) is 8.91. The number of rotatable bonds is 5. The lowest BCUT2D eigenvalue weighted by Gasteiger charge is -2.08. The highest BCUT2D eigenvalue weighted by Crippen LogP contribution is 2.31. The van der Waals surface area contributed by atoms with Gasteiger partial charge < -0.3 is 4.57 Å². The molecule has 0 radical (unpaired) electrons. The van der Waals surface area contributed by atoms with Crippen LogP contribution in [0.5, 0.6) is 0 Å². The Bertz CT molecular complexity index is 1670. The zero-order chi connectivity index (χ0) is 26.5. The summed E-state index contributed by atoms with van der Waals surface area (Å²) in [5.41, 5.74) is -0.0263. The molecule has 5 aromatic rings. The third-order valence-corrected chi connectivity index (χ3v) is 5.89. The van der Waals surface area contributed by atoms with Gasteiger partial charge in [0.25, 0.3) is 6.43 Å². The molecule has 0 amide bonds. The lowest BCUT2D eigenvalue weighted by molar-refractivity contribution is -0.140. The van der Waals surface area contributed by atoms with Gasteiger partial charge in [-0.25, -0.2) is 28.5 Å². The molecule has 4 aromatic heterocycles. The molecule has 0 aliphatic heterocycles. The molecule has 1 aromatic carbocycles. The predicted molar refractivity (Wildman–Crippen MR) is 124 cm³/mol. The summed E-state index contributed by atoms with van der Waals surface area (Å²) in [5, 5.41) is 0. The third kappa shape index (κ3) is 4.36. The van der Waals surface area contributed by atoms with E-state index in [9.17, 15) is 26.7 Å². The minimum absolute atomic E-state index is 0.000786. The zero-order valence-corrected chi connectivity index (χ0v) is 19.4. The Morgan fingerprint density at radius 3 is 2.38 bits per heavy atom. The Hall–Kier alpha value is -4.42. The molecule has 0 bridgehead atoms. The van der Waals surface area contributed by atoms with Crippen LogP contribution < -0.4 is 5.69 Å². The van der Waals surface area contributed by atoms with Crippen LogP contribution in [0.2, 0.25) is 0 Å². The van der Waals surface area contributed by atoms with Crippen LogP contribution in [0.3, 0.4) is 0 Å². The Labute approximate surface area is 205 Å². The number of halogens is 5. The molecule has 8 nitrogen and oxygen atoms in total. The van der Waals surface area contributed by atoms with E-state index < -0.39 is 29.7 Å². The summed E-state index contributed by atoms with van der Waals surface area (Å²) in [4.78, 5) is 28.9. The second-order valence-corrected chi connectivity index (χ2v) is 8.32. The van der Waals surface area contributed by atoms with Crippen molar-refractivity contribution in [2.75, 3.05) is 0 Å². The highest BCUT2D eigenvalue weighted by Gasteiger charge is 2.34. The van der Waals surface area contributed by atoms with Crippen LogP contribution in [0.15, 0.2) is 59.8 Å². The molecule has 190 valence electrons. The van der Waals surface area contributed by atoms with Crippen LogP contribution in [-0.2, 0) is 26.8 Å². The summed E-state index contributed by atoms with van der Waals surface area (Å²) in [7, 11) is 3.02. The van der Waals surface area contributed by atoms with Crippen molar-refractivity contribution < 1.29 is 22.0 Å². The van der Waals surface area contributed by atoms with Gasteiger partial charge in [0.2, 0.25) is 0 Å². The van der Waals surface area contributed by atoms with Gasteiger partial charge in [0, 0.05) is 37.6 Å². The Kier molecular flexibility index (Phi) is 5.85. The zero-order valence-electron chi connectivity index (χ0n) is 19.4. The maximum absolute atomic E-state index is 13.5. The molecule has 0 unspecified atom stereocenters. The highest BCUT2D eigenvalue weighted by molar-refractivity contribution is 5.74. The van der Waals surface area contributed by atoms with Crippen molar-refractivity contribution >= 4 is 11.2 Å². The van der Waals surface area contributed by atoms with Crippen molar-refractivity contribution in [2.24, 2.45) is 14.1 Å². The lowest BCUT2D eigenvalue weighted by atomic mass is 10.1. The number of aromatic nitrogens is 7. The number of benzene rings is 1. The van der Waals surface area contributed by atoms with Crippen molar-refractivity contribution in [1.29, 1.82) is 0 Å².